The zero-order valence-electron chi connectivity index (χ0n) is 16.6. The molecule has 142 valence electrons. The molecule has 0 unspecified atom stereocenters. The molecular weight excluding hydrogens is 341 g/mol. The van der Waals surface area contributed by atoms with Gasteiger partial charge in [-0.15, -0.1) is 0 Å². The Hall–Kier alpha value is -2.75. The number of hydrogen-bond donors (Lipinski definition) is 1. The minimum atomic E-state index is -0.608. The number of nitriles is 1. The van der Waals surface area contributed by atoms with Crippen LogP contribution in [0.2, 0.25) is 0 Å². The van der Waals surface area contributed by atoms with Crippen LogP contribution in [-0.2, 0) is 9.39 Å². The topological polar surface area (TPSA) is 74.6 Å². The molecule has 27 heavy (non-hydrogen) atoms. The van der Waals surface area contributed by atoms with Gasteiger partial charge in [-0.25, -0.2) is 0 Å². The molecule has 0 bridgehead atoms. The number of alkyl carbamates (subject to hydrolysis) is 1. The Kier molecular flexibility index (Phi) is 6.67. The second-order valence-electron chi connectivity index (χ2n) is 7.56. The molecule has 0 atom stereocenters. The van der Waals surface area contributed by atoms with Gasteiger partial charge in [-0.2, -0.15) is 0 Å². The summed E-state index contributed by atoms with van der Waals surface area (Å²) in [6.07, 6.45) is 3.96. The first kappa shape index (κ1) is 20.6. The third-order valence-electron chi connectivity index (χ3n) is 4.28. The van der Waals surface area contributed by atoms with E-state index in [1.165, 1.54) is 29.4 Å². The Labute approximate surface area is 161 Å². The number of hydrogen-bond acceptors (Lipinski definition) is 5. The van der Waals surface area contributed by atoms with Crippen molar-refractivity contribution in [1.82, 2.24) is 10.2 Å². The van der Waals surface area contributed by atoms with Crippen LogP contribution in [-0.4, -0.2) is 42.5 Å². The zero-order valence-corrected chi connectivity index (χ0v) is 16.6. The molecule has 2 rings (SSSR count). The van der Waals surface area contributed by atoms with Gasteiger partial charge in [-0.05, 0) is 0 Å². The van der Waals surface area contributed by atoms with Crippen molar-refractivity contribution in [2.45, 2.75) is 46.6 Å². The summed E-state index contributed by atoms with van der Waals surface area (Å²) in [5, 5.41) is 11.4. The summed E-state index contributed by atoms with van der Waals surface area (Å²) in [5.41, 5.74) is 4.83. The van der Waals surface area contributed by atoms with Gasteiger partial charge in [0.05, 0.1) is 0 Å². The van der Waals surface area contributed by atoms with Crippen molar-refractivity contribution in [2.75, 3.05) is 13.1 Å². The number of ether oxygens (including phenoxy) is 1. The summed E-state index contributed by atoms with van der Waals surface area (Å²) in [4.78, 5) is 14.0. The maximum absolute atomic E-state index is 12.1. The Morgan fingerprint density at radius 3 is 2.59 bits per heavy atom. The maximum atomic E-state index is 12.1. The molecule has 1 N–H and O–H groups in total. The van der Waals surface area contributed by atoms with Crippen LogP contribution in [0.15, 0.2) is 24.3 Å². The number of carbonyl (C=O) groups excluding carboxylic acids is 1. The van der Waals surface area contributed by atoms with Crippen LogP contribution in [0, 0.1) is 25.4 Å². The summed E-state index contributed by atoms with van der Waals surface area (Å²) in [5.74, 6) is 0. The summed E-state index contributed by atoms with van der Waals surface area (Å²) in [6, 6.07) is 6.47. The van der Waals surface area contributed by atoms with E-state index < -0.39 is 11.7 Å². The van der Waals surface area contributed by atoms with E-state index in [1.54, 1.807) is 27.0 Å². The summed E-state index contributed by atoms with van der Waals surface area (Å²) < 4.78 is 10.0. The van der Waals surface area contributed by atoms with Gasteiger partial charge in [0.25, 0.3) is 0 Å². The molecular formula is C20H26BN3O3. The predicted molar refractivity (Wildman–Crippen MR) is 107 cm³/mol. The predicted octanol–water partition coefficient (Wildman–Crippen LogP) is 3.12. The van der Waals surface area contributed by atoms with Crippen LogP contribution >= 0.6 is 0 Å². The molecule has 1 aromatic rings. The van der Waals surface area contributed by atoms with Crippen molar-refractivity contribution in [2.24, 2.45) is 0 Å². The first-order valence-corrected chi connectivity index (χ1v) is 8.96. The van der Waals surface area contributed by atoms with Crippen LogP contribution in [0.3, 0.4) is 0 Å². The van der Waals surface area contributed by atoms with E-state index in [-0.39, 0.29) is 0 Å². The second kappa shape index (κ2) is 8.76. The van der Waals surface area contributed by atoms with E-state index in [1.807, 2.05) is 4.90 Å². The number of amides is 1. The van der Waals surface area contributed by atoms with Crippen molar-refractivity contribution in [1.29, 1.82) is 5.26 Å². The Bertz CT molecular complexity index is 804. The molecule has 0 saturated carbocycles. The quantitative estimate of drug-likeness (QED) is 0.654. The molecule has 1 aliphatic heterocycles. The molecule has 1 aliphatic rings. The van der Waals surface area contributed by atoms with E-state index in [0.29, 0.717) is 18.8 Å². The fourth-order valence-electron chi connectivity index (χ4n) is 2.76. The molecule has 1 heterocycles. The number of aryl methyl sites for hydroxylation is 2. The van der Waals surface area contributed by atoms with Gasteiger partial charge in [0.1, 0.15) is 0 Å². The van der Waals surface area contributed by atoms with Crippen molar-refractivity contribution in [3.05, 3.63) is 41.0 Å². The van der Waals surface area contributed by atoms with Gasteiger partial charge in [-0.1, -0.05) is 0 Å². The standard InChI is InChI=1S/C20H26BN3O3/c1-14-6-7-17(12-15(14)2)16-8-10-24(11-9-16)18(21-26-13-22)23-19(25)27-20(3,4)5/h6-8,12H,9-11H2,1-5H3,(H,23,25). The number of nitrogens with zero attached hydrogens (tertiary/aromatic N) is 2. The van der Waals surface area contributed by atoms with Crippen molar-refractivity contribution >= 4 is 24.5 Å². The normalized spacial score (nSPS) is 14.6. The van der Waals surface area contributed by atoms with Gasteiger partial charge in [-0.3, -0.25) is 0 Å². The van der Waals surface area contributed by atoms with Crippen molar-refractivity contribution in [3.63, 3.8) is 0 Å². The summed E-state index contributed by atoms with van der Waals surface area (Å²) in [7, 11) is 1.23. The van der Waals surface area contributed by atoms with Crippen LogP contribution in [0.1, 0.15) is 43.9 Å². The molecule has 0 spiro atoms. The van der Waals surface area contributed by atoms with E-state index in [4.69, 9.17) is 14.7 Å². The van der Waals surface area contributed by atoms with E-state index in [0.717, 1.165) is 6.42 Å². The molecule has 1 aromatic carbocycles. The van der Waals surface area contributed by atoms with E-state index >= 15 is 0 Å². The third-order valence-corrected chi connectivity index (χ3v) is 4.28. The molecule has 6 nitrogen and oxygen atoms in total. The summed E-state index contributed by atoms with van der Waals surface area (Å²) >= 11 is 0. The van der Waals surface area contributed by atoms with Gasteiger partial charge in [0.15, 0.2) is 0 Å². The second-order valence-corrected chi connectivity index (χ2v) is 7.56. The van der Waals surface area contributed by atoms with Gasteiger partial charge in [0.2, 0.25) is 0 Å². The van der Waals surface area contributed by atoms with Gasteiger partial charge < -0.3 is 0 Å². The Morgan fingerprint density at radius 2 is 2.04 bits per heavy atom. The van der Waals surface area contributed by atoms with Crippen LogP contribution < -0.4 is 5.32 Å². The van der Waals surface area contributed by atoms with Crippen molar-refractivity contribution < 1.29 is 14.2 Å². The number of carbonyl (C=O) groups is 1. The van der Waals surface area contributed by atoms with E-state index in [2.05, 4.69) is 43.4 Å². The van der Waals surface area contributed by atoms with Gasteiger partial charge >= 0.3 is 161 Å². The van der Waals surface area contributed by atoms with Crippen LogP contribution in [0.25, 0.3) is 5.57 Å². The molecule has 0 radical (unpaired) electrons. The average molecular weight is 367 g/mol. The van der Waals surface area contributed by atoms with Crippen LogP contribution in [0.4, 0.5) is 4.79 Å². The SMILES string of the molecule is Cc1ccc(C2=CCN(C(=BOC#N)NC(=O)OC(C)(C)C)CC2)cc1C. The Morgan fingerprint density at radius 1 is 1.30 bits per heavy atom. The molecule has 0 fully saturated rings. The van der Waals surface area contributed by atoms with Crippen LogP contribution in [0.5, 0.6) is 0 Å². The fourth-order valence-corrected chi connectivity index (χ4v) is 2.76. The zero-order chi connectivity index (χ0) is 20.0. The third kappa shape index (κ3) is 6.17. The molecule has 1 amide bonds. The Balaban J connectivity index is 2.10. The van der Waals surface area contributed by atoms with Crippen molar-refractivity contribution in [3.8, 4) is 6.26 Å². The molecule has 0 saturated heterocycles. The molecule has 0 aromatic heterocycles. The first-order chi connectivity index (χ1) is 12.7. The summed E-state index contributed by atoms with van der Waals surface area (Å²) in [6.45, 7) is 10.9. The minimum absolute atomic E-state index is 0.404. The number of rotatable bonds is 4. The first-order valence-electron chi connectivity index (χ1n) is 8.96. The molecule has 0 aliphatic carbocycles. The molecule has 7 heteroatoms. The number of nitrogens with one attached hydrogen (secondary N) is 1. The number of benzene rings is 1. The van der Waals surface area contributed by atoms with Gasteiger partial charge in [0, 0.05) is 0 Å². The van der Waals surface area contributed by atoms with E-state index in [9.17, 15) is 4.79 Å². The fraction of sp³-hybridized carbons (Fsp3) is 0.450. The average Bonchev–Trinajstić information content (AvgIpc) is 2.59. The monoisotopic (exact) mass is 367 g/mol.